The number of methoxy groups -OCH3 is 2. The molecule has 4 rings (SSSR count). The number of benzene rings is 3. The first-order chi connectivity index (χ1) is 17.3. The number of halogens is 2. The molecule has 36 heavy (non-hydrogen) atoms. The fraction of sp³-hybridized carbons (Fsp3) is 0.192. The van der Waals surface area contributed by atoms with Crippen molar-refractivity contribution in [2.75, 3.05) is 14.2 Å². The van der Waals surface area contributed by atoms with Crippen molar-refractivity contribution < 1.29 is 23.5 Å². The van der Waals surface area contributed by atoms with E-state index in [1.165, 1.54) is 35.5 Å². The van der Waals surface area contributed by atoms with Crippen LogP contribution in [0.4, 0.5) is 4.39 Å². The van der Waals surface area contributed by atoms with E-state index in [1.54, 1.807) is 37.4 Å². The Morgan fingerprint density at radius 3 is 2.39 bits per heavy atom. The Hall–Kier alpha value is -4.11. The molecule has 0 spiro atoms. The van der Waals surface area contributed by atoms with Crippen LogP contribution in [0.25, 0.3) is 16.7 Å². The molecule has 1 heterocycles. The van der Waals surface area contributed by atoms with Crippen LogP contribution in [-0.4, -0.2) is 41.3 Å². The molecule has 186 valence electrons. The third-order valence-electron chi connectivity index (χ3n) is 5.88. The average molecular weight is 512 g/mol. The predicted octanol–water partition coefficient (Wildman–Crippen LogP) is 3.64. The van der Waals surface area contributed by atoms with Crippen molar-refractivity contribution in [3.63, 3.8) is 0 Å². The van der Waals surface area contributed by atoms with Gasteiger partial charge in [-0.2, -0.15) is 0 Å². The number of carbonyl (C=O) groups is 2. The van der Waals surface area contributed by atoms with Gasteiger partial charge >= 0.3 is 11.7 Å². The number of ether oxygens (including phenoxy) is 2. The number of hydrogen-bond acceptors (Lipinski definition) is 5. The molecule has 10 heteroatoms. The first kappa shape index (κ1) is 25.0. The van der Waals surface area contributed by atoms with Gasteiger partial charge in [-0.15, -0.1) is 0 Å². The number of esters is 1. The molecule has 1 N–H and O–H groups in total. The minimum atomic E-state index is -1.09. The SMILES string of the molecule is COC(=O)C(Cc1ccc(-n2c(=O)n(C)c3cccc(OC)c32)cc1)NC(=O)c1c(F)cccc1Cl. The van der Waals surface area contributed by atoms with Crippen LogP contribution in [0.3, 0.4) is 0 Å². The van der Waals surface area contributed by atoms with E-state index in [0.717, 1.165) is 6.07 Å². The van der Waals surface area contributed by atoms with Gasteiger partial charge in [0.1, 0.15) is 23.1 Å². The molecule has 1 aromatic heterocycles. The molecule has 8 nitrogen and oxygen atoms in total. The topological polar surface area (TPSA) is 91.6 Å². The molecule has 1 unspecified atom stereocenters. The van der Waals surface area contributed by atoms with Gasteiger partial charge in [-0.05, 0) is 42.0 Å². The predicted molar refractivity (Wildman–Crippen MR) is 133 cm³/mol. The molecular weight excluding hydrogens is 489 g/mol. The molecule has 0 fully saturated rings. The Bertz CT molecular complexity index is 1490. The van der Waals surface area contributed by atoms with Gasteiger partial charge in [-0.3, -0.25) is 13.9 Å². The normalized spacial score (nSPS) is 11.8. The summed E-state index contributed by atoms with van der Waals surface area (Å²) < 4.78 is 27.5. The quantitative estimate of drug-likeness (QED) is 0.382. The number of carbonyl (C=O) groups excluding carboxylic acids is 2. The summed E-state index contributed by atoms with van der Waals surface area (Å²) in [6, 6.07) is 15.1. The summed E-state index contributed by atoms with van der Waals surface area (Å²) in [4.78, 5) is 38.0. The number of aryl methyl sites for hydroxylation is 1. The standard InChI is InChI=1S/C26H23ClFN3O5/c1-30-20-8-5-9-21(35-2)23(20)31(26(30)34)16-12-10-15(11-13-16)14-19(25(33)36-3)29-24(32)22-17(27)6-4-7-18(22)28/h4-13,19H,14H2,1-3H3,(H,29,32). The summed E-state index contributed by atoms with van der Waals surface area (Å²) in [5.41, 5.74) is 2.01. The van der Waals surface area contributed by atoms with Gasteiger partial charge in [0.25, 0.3) is 5.91 Å². The smallest absolute Gasteiger partial charge is 0.333 e. The molecule has 3 aromatic carbocycles. The Kier molecular flexibility index (Phi) is 7.12. The fourth-order valence-corrected chi connectivity index (χ4v) is 4.31. The zero-order valence-electron chi connectivity index (χ0n) is 19.7. The van der Waals surface area contributed by atoms with Crippen LogP contribution in [0.5, 0.6) is 5.75 Å². The summed E-state index contributed by atoms with van der Waals surface area (Å²) in [6.45, 7) is 0. The van der Waals surface area contributed by atoms with Crippen LogP contribution in [0.1, 0.15) is 15.9 Å². The highest BCUT2D eigenvalue weighted by molar-refractivity contribution is 6.33. The van der Waals surface area contributed by atoms with Crippen LogP contribution in [0, 0.1) is 5.82 Å². The van der Waals surface area contributed by atoms with Crippen LogP contribution < -0.4 is 15.7 Å². The van der Waals surface area contributed by atoms with Crippen molar-refractivity contribution in [3.05, 3.63) is 93.1 Å². The molecule has 0 saturated carbocycles. The van der Waals surface area contributed by atoms with Gasteiger partial charge in [0.05, 0.1) is 36.0 Å². The number of aromatic nitrogens is 2. The highest BCUT2D eigenvalue weighted by Crippen LogP contribution is 2.27. The zero-order valence-corrected chi connectivity index (χ0v) is 20.5. The van der Waals surface area contributed by atoms with E-state index in [1.807, 2.05) is 12.1 Å². The highest BCUT2D eigenvalue weighted by Gasteiger charge is 2.25. The van der Waals surface area contributed by atoms with Crippen molar-refractivity contribution in [1.82, 2.24) is 14.5 Å². The summed E-state index contributed by atoms with van der Waals surface area (Å²) >= 11 is 5.98. The van der Waals surface area contributed by atoms with Gasteiger partial charge in [0, 0.05) is 13.5 Å². The molecule has 0 aliphatic rings. The lowest BCUT2D eigenvalue weighted by atomic mass is 10.0. The molecule has 1 atom stereocenters. The Morgan fingerprint density at radius 2 is 1.75 bits per heavy atom. The van der Waals surface area contributed by atoms with Gasteiger partial charge in [0.15, 0.2) is 0 Å². The minimum absolute atomic E-state index is 0.0680. The van der Waals surface area contributed by atoms with E-state index in [2.05, 4.69) is 5.32 Å². The average Bonchev–Trinajstić information content (AvgIpc) is 3.13. The van der Waals surface area contributed by atoms with Gasteiger partial charge < -0.3 is 14.8 Å². The summed E-state index contributed by atoms with van der Waals surface area (Å²) in [6.07, 6.45) is 0.0680. The molecule has 4 aromatic rings. The maximum atomic E-state index is 14.2. The number of nitrogens with zero attached hydrogens (tertiary/aromatic N) is 2. The second-order valence-electron chi connectivity index (χ2n) is 8.02. The molecule has 0 aliphatic heterocycles. The van der Waals surface area contributed by atoms with Crippen molar-refractivity contribution in [2.45, 2.75) is 12.5 Å². The van der Waals surface area contributed by atoms with Gasteiger partial charge in [-0.25, -0.2) is 14.0 Å². The highest BCUT2D eigenvalue weighted by atomic mass is 35.5. The van der Waals surface area contributed by atoms with Crippen molar-refractivity contribution in [2.24, 2.45) is 7.05 Å². The maximum absolute atomic E-state index is 14.2. The number of amides is 1. The zero-order chi connectivity index (χ0) is 26.0. The minimum Gasteiger partial charge on any atom is -0.494 e. The van der Waals surface area contributed by atoms with E-state index in [0.29, 0.717) is 28.0 Å². The lowest BCUT2D eigenvalue weighted by Crippen LogP contribution is -2.43. The summed E-state index contributed by atoms with van der Waals surface area (Å²) in [7, 11) is 4.41. The second-order valence-corrected chi connectivity index (χ2v) is 8.43. The lowest BCUT2D eigenvalue weighted by Gasteiger charge is -2.17. The van der Waals surface area contributed by atoms with Crippen molar-refractivity contribution in [3.8, 4) is 11.4 Å². The third kappa shape index (κ3) is 4.57. The summed E-state index contributed by atoms with van der Waals surface area (Å²) in [5, 5.41) is 2.43. The van der Waals surface area contributed by atoms with E-state index in [9.17, 15) is 18.8 Å². The number of nitrogens with one attached hydrogen (secondary N) is 1. The molecule has 0 saturated heterocycles. The number of imidazole rings is 1. The molecule has 1 amide bonds. The first-order valence-electron chi connectivity index (χ1n) is 10.9. The number of rotatable bonds is 7. The summed E-state index contributed by atoms with van der Waals surface area (Å²) in [5.74, 6) is -1.78. The van der Waals surface area contributed by atoms with Crippen LogP contribution in [0.2, 0.25) is 5.02 Å². The monoisotopic (exact) mass is 511 g/mol. The Balaban J connectivity index is 1.63. The van der Waals surface area contributed by atoms with Crippen molar-refractivity contribution >= 4 is 34.5 Å². The Morgan fingerprint density at radius 1 is 1.06 bits per heavy atom. The molecular formula is C26H23ClFN3O5. The van der Waals surface area contributed by atoms with E-state index >= 15 is 0 Å². The van der Waals surface area contributed by atoms with E-state index in [-0.39, 0.29) is 22.7 Å². The van der Waals surface area contributed by atoms with E-state index in [4.69, 9.17) is 21.1 Å². The lowest BCUT2D eigenvalue weighted by molar-refractivity contribution is -0.142. The van der Waals surface area contributed by atoms with Crippen LogP contribution in [0.15, 0.2) is 65.5 Å². The van der Waals surface area contributed by atoms with Crippen LogP contribution >= 0.6 is 11.6 Å². The fourth-order valence-electron chi connectivity index (χ4n) is 4.06. The maximum Gasteiger partial charge on any atom is 0.333 e. The van der Waals surface area contributed by atoms with Crippen molar-refractivity contribution in [1.29, 1.82) is 0 Å². The van der Waals surface area contributed by atoms with Crippen LogP contribution in [-0.2, 0) is 23.0 Å². The molecule has 0 aliphatic carbocycles. The number of para-hydroxylation sites is 1. The Labute approximate surface area is 210 Å². The largest absolute Gasteiger partial charge is 0.494 e. The van der Waals surface area contributed by atoms with Gasteiger partial charge in [-0.1, -0.05) is 35.9 Å². The number of fused-ring (bicyclic) bond motifs is 1. The first-order valence-corrected chi connectivity index (χ1v) is 11.3. The van der Waals surface area contributed by atoms with Gasteiger partial charge in [0.2, 0.25) is 0 Å². The van der Waals surface area contributed by atoms with E-state index < -0.39 is 23.7 Å². The second kappa shape index (κ2) is 10.2. The molecule has 0 bridgehead atoms. The molecule has 0 radical (unpaired) electrons. The number of hydrogen-bond donors (Lipinski definition) is 1. The third-order valence-corrected chi connectivity index (χ3v) is 6.19.